The summed E-state index contributed by atoms with van der Waals surface area (Å²) in [5.74, 6) is -1.19. The lowest BCUT2D eigenvalue weighted by Gasteiger charge is -2.11. The van der Waals surface area contributed by atoms with Crippen LogP contribution in [0, 0.1) is 11.3 Å². The summed E-state index contributed by atoms with van der Waals surface area (Å²) in [4.78, 5) is 13.8. The molecular formula is C8H4F3N3O2. The lowest BCUT2D eigenvalue weighted by Crippen LogP contribution is -2.18. The van der Waals surface area contributed by atoms with Crippen LogP contribution in [0.5, 0.6) is 5.75 Å². The number of nitrogens with two attached hydrogens (primary N) is 1. The molecule has 0 aliphatic heterocycles. The van der Waals surface area contributed by atoms with Crippen LogP contribution in [-0.4, -0.2) is 17.6 Å². The standard InChI is InChI=1S/C8H4F3N3O2/c9-8(10,11)16-6-2-14-7(13)5(3-15)4(6)1-12/h2-3H,(H2,13,14). The van der Waals surface area contributed by atoms with Crippen molar-refractivity contribution in [1.29, 1.82) is 5.26 Å². The Balaban J connectivity index is 3.32. The summed E-state index contributed by atoms with van der Waals surface area (Å²) in [6, 6.07) is 1.40. The minimum absolute atomic E-state index is 0.143. The van der Waals surface area contributed by atoms with Gasteiger partial charge in [-0.1, -0.05) is 0 Å². The minimum Gasteiger partial charge on any atom is -0.403 e. The first-order valence-corrected chi connectivity index (χ1v) is 3.78. The van der Waals surface area contributed by atoms with E-state index in [4.69, 9.17) is 11.0 Å². The van der Waals surface area contributed by atoms with E-state index in [1.807, 2.05) is 0 Å². The number of carbonyl (C=O) groups is 1. The van der Waals surface area contributed by atoms with Gasteiger partial charge in [-0.3, -0.25) is 4.79 Å². The topological polar surface area (TPSA) is 89.0 Å². The van der Waals surface area contributed by atoms with Crippen LogP contribution >= 0.6 is 0 Å². The Labute approximate surface area is 87.3 Å². The molecule has 0 radical (unpaired) electrons. The smallest absolute Gasteiger partial charge is 0.403 e. The van der Waals surface area contributed by atoms with E-state index in [0.29, 0.717) is 6.20 Å². The van der Waals surface area contributed by atoms with Crippen molar-refractivity contribution >= 4 is 12.1 Å². The van der Waals surface area contributed by atoms with Crippen LogP contribution in [0.2, 0.25) is 0 Å². The molecule has 8 heteroatoms. The molecule has 0 amide bonds. The van der Waals surface area contributed by atoms with Crippen molar-refractivity contribution in [2.24, 2.45) is 0 Å². The van der Waals surface area contributed by atoms with Gasteiger partial charge in [0.2, 0.25) is 0 Å². The average Bonchev–Trinajstić information content (AvgIpc) is 2.18. The third-order valence-corrected chi connectivity index (χ3v) is 1.57. The van der Waals surface area contributed by atoms with Crippen LogP contribution in [-0.2, 0) is 0 Å². The summed E-state index contributed by atoms with van der Waals surface area (Å²) in [7, 11) is 0. The van der Waals surface area contributed by atoms with E-state index in [-0.39, 0.29) is 12.1 Å². The molecule has 5 nitrogen and oxygen atoms in total. The fourth-order valence-corrected chi connectivity index (χ4v) is 0.960. The molecule has 0 spiro atoms. The van der Waals surface area contributed by atoms with Crippen molar-refractivity contribution in [3.63, 3.8) is 0 Å². The van der Waals surface area contributed by atoms with Gasteiger partial charge in [0.05, 0.1) is 11.8 Å². The van der Waals surface area contributed by atoms with Crippen LogP contribution in [0.3, 0.4) is 0 Å². The zero-order chi connectivity index (χ0) is 12.3. The number of rotatable bonds is 2. The highest BCUT2D eigenvalue weighted by Gasteiger charge is 2.33. The number of aromatic nitrogens is 1. The van der Waals surface area contributed by atoms with Gasteiger partial charge in [0.1, 0.15) is 17.5 Å². The van der Waals surface area contributed by atoms with Gasteiger partial charge in [0.15, 0.2) is 12.0 Å². The van der Waals surface area contributed by atoms with E-state index in [9.17, 15) is 18.0 Å². The van der Waals surface area contributed by atoms with Gasteiger partial charge >= 0.3 is 6.36 Å². The molecule has 1 rings (SSSR count). The number of hydrogen-bond donors (Lipinski definition) is 1. The molecule has 1 aromatic rings. The van der Waals surface area contributed by atoms with Crippen molar-refractivity contribution in [2.45, 2.75) is 6.36 Å². The maximum absolute atomic E-state index is 11.9. The third-order valence-electron chi connectivity index (χ3n) is 1.57. The molecule has 84 valence electrons. The zero-order valence-electron chi connectivity index (χ0n) is 7.58. The number of anilines is 1. The molecule has 1 aromatic heterocycles. The Morgan fingerprint density at radius 2 is 2.19 bits per heavy atom. The second kappa shape index (κ2) is 4.06. The van der Waals surface area contributed by atoms with Crippen molar-refractivity contribution in [3.8, 4) is 11.8 Å². The van der Waals surface area contributed by atoms with Crippen molar-refractivity contribution in [1.82, 2.24) is 4.98 Å². The van der Waals surface area contributed by atoms with Crippen molar-refractivity contribution in [2.75, 3.05) is 5.73 Å². The molecule has 0 saturated heterocycles. The first kappa shape index (κ1) is 11.8. The average molecular weight is 231 g/mol. The highest BCUT2D eigenvalue weighted by Crippen LogP contribution is 2.28. The van der Waals surface area contributed by atoms with E-state index in [2.05, 4.69) is 9.72 Å². The minimum atomic E-state index is -4.97. The number of pyridine rings is 1. The highest BCUT2D eigenvalue weighted by atomic mass is 19.4. The predicted molar refractivity (Wildman–Crippen MR) is 45.4 cm³/mol. The van der Waals surface area contributed by atoms with E-state index < -0.39 is 23.2 Å². The van der Waals surface area contributed by atoms with Crippen LogP contribution in [0.25, 0.3) is 0 Å². The van der Waals surface area contributed by atoms with Crippen molar-refractivity contribution in [3.05, 3.63) is 17.3 Å². The molecular weight excluding hydrogens is 227 g/mol. The lowest BCUT2D eigenvalue weighted by molar-refractivity contribution is -0.274. The molecule has 0 saturated carbocycles. The molecule has 0 atom stereocenters. The van der Waals surface area contributed by atoms with E-state index in [1.165, 1.54) is 6.07 Å². The van der Waals surface area contributed by atoms with Crippen LogP contribution in [0.1, 0.15) is 15.9 Å². The summed E-state index contributed by atoms with van der Waals surface area (Å²) in [6.07, 6.45) is -4.19. The maximum atomic E-state index is 11.9. The fourth-order valence-electron chi connectivity index (χ4n) is 0.960. The molecule has 0 unspecified atom stereocenters. The summed E-state index contributed by atoms with van der Waals surface area (Å²) >= 11 is 0. The number of carbonyl (C=O) groups excluding carboxylic acids is 1. The number of hydrogen-bond acceptors (Lipinski definition) is 5. The third kappa shape index (κ3) is 2.38. The number of aldehydes is 1. The highest BCUT2D eigenvalue weighted by molar-refractivity contribution is 5.86. The molecule has 0 bridgehead atoms. The van der Waals surface area contributed by atoms with Gasteiger partial charge < -0.3 is 10.5 Å². The molecule has 1 heterocycles. The summed E-state index contributed by atoms with van der Waals surface area (Å²) < 4.78 is 39.3. The Bertz CT molecular complexity index is 465. The van der Waals surface area contributed by atoms with Gasteiger partial charge in [-0.15, -0.1) is 13.2 Å². The summed E-state index contributed by atoms with van der Waals surface area (Å²) in [5.41, 5.74) is 4.19. The Hall–Kier alpha value is -2.30. The van der Waals surface area contributed by atoms with Gasteiger partial charge in [-0.25, -0.2) is 4.98 Å². The summed E-state index contributed by atoms with van der Waals surface area (Å²) in [5, 5.41) is 8.61. The number of nitrogens with zero attached hydrogens (tertiary/aromatic N) is 2. The number of nitrogen functional groups attached to an aromatic ring is 1. The number of alkyl halides is 3. The first-order valence-electron chi connectivity index (χ1n) is 3.78. The second-order valence-electron chi connectivity index (χ2n) is 2.57. The SMILES string of the molecule is N#Cc1c(OC(F)(F)F)cnc(N)c1C=O. The fraction of sp³-hybridized carbons (Fsp3) is 0.125. The Kier molecular flexibility index (Phi) is 2.99. The van der Waals surface area contributed by atoms with Gasteiger partial charge in [0, 0.05) is 0 Å². The van der Waals surface area contributed by atoms with E-state index >= 15 is 0 Å². The number of nitriles is 1. The van der Waals surface area contributed by atoms with Gasteiger partial charge in [-0.2, -0.15) is 5.26 Å². The summed E-state index contributed by atoms with van der Waals surface area (Å²) in [6.45, 7) is 0. The van der Waals surface area contributed by atoms with Gasteiger partial charge in [0.25, 0.3) is 0 Å². The molecule has 16 heavy (non-hydrogen) atoms. The zero-order valence-corrected chi connectivity index (χ0v) is 7.58. The van der Waals surface area contributed by atoms with Crippen LogP contribution in [0.4, 0.5) is 19.0 Å². The number of ether oxygens (including phenoxy) is 1. The quantitative estimate of drug-likeness (QED) is 0.773. The van der Waals surface area contributed by atoms with Crippen molar-refractivity contribution < 1.29 is 22.7 Å². The largest absolute Gasteiger partial charge is 0.573 e. The van der Waals surface area contributed by atoms with Crippen LogP contribution < -0.4 is 10.5 Å². The lowest BCUT2D eigenvalue weighted by atomic mass is 10.1. The Morgan fingerprint density at radius 1 is 1.56 bits per heavy atom. The molecule has 2 N–H and O–H groups in total. The first-order chi connectivity index (χ1) is 7.39. The normalized spacial score (nSPS) is 10.6. The van der Waals surface area contributed by atoms with E-state index in [0.717, 1.165) is 0 Å². The number of halogens is 3. The predicted octanol–water partition coefficient (Wildman–Crippen LogP) is 1.25. The molecule has 0 fully saturated rings. The van der Waals surface area contributed by atoms with Crippen LogP contribution in [0.15, 0.2) is 6.20 Å². The monoisotopic (exact) mass is 231 g/mol. The maximum Gasteiger partial charge on any atom is 0.573 e. The van der Waals surface area contributed by atoms with Gasteiger partial charge in [-0.05, 0) is 0 Å². The van der Waals surface area contributed by atoms with E-state index in [1.54, 1.807) is 0 Å². The second-order valence-corrected chi connectivity index (χ2v) is 2.57. The molecule has 0 aromatic carbocycles. The molecule has 0 aliphatic carbocycles. The Morgan fingerprint density at radius 3 is 2.62 bits per heavy atom. The molecule has 0 aliphatic rings.